The van der Waals surface area contributed by atoms with Crippen LogP contribution in [0, 0.1) is 0 Å². The second kappa shape index (κ2) is 9.96. The molecule has 0 bridgehead atoms. The number of furan rings is 1. The van der Waals surface area contributed by atoms with Crippen LogP contribution in [0.2, 0.25) is 5.02 Å². The Labute approximate surface area is 197 Å². The molecule has 1 N–H and O–H groups in total. The van der Waals surface area contributed by atoms with Gasteiger partial charge in [0.15, 0.2) is 0 Å². The van der Waals surface area contributed by atoms with E-state index in [1.807, 2.05) is 0 Å². The molecule has 1 atom stereocenters. The molecule has 6 nitrogen and oxygen atoms in total. The largest absolute Gasteiger partial charge is 0.507 e. The van der Waals surface area contributed by atoms with E-state index in [9.17, 15) is 14.7 Å². The molecule has 3 aromatic rings. The van der Waals surface area contributed by atoms with E-state index in [1.165, 1.54) is 11.2 Å². The number of ether oxygens (including phenoxy) is 1. The summed E-state index contributed by atoms with van der Waals surface area (Å²) in [7, 11) is 0. The fourth-order valence-corrected chi connectivity index (χ4v) is 3.95. The summed E-state index contributed by atoms with van der Waals surface area (Å²) < 4.78 is 11.1. The number of aliphatic hydroxyl groups is 1. The van der Waals surface area contributed by atoms with Gasteiger partial charge < -0.3 is 19.2 Å². The number of aliphatic hydroxyl groups excluding tert-OH is 1. The minimum Gasteiger partial charge on any atom is -0.507 e. The number of amides is 1. The second-order valence-electron chi connectivity index (χ2n) is 7.79. The zero-order valence-corrected chi connectivity index (χ0v) is 18.9. The third kappa shape index (κ3) is 4.81. The molecule has 170 valence electrons. The lowest BCUT2D eigenvalue weighted by Crippen LogP contribution is -2.29. The molecule has 1 aromatic heterocycles. The van der Waals surface area contributed by atoms with Gasteiger partial charge in [0.2, 0.25) is 0 Å². The number of carbonyl (C=O) groups excluding carboxylic acids is 2. The molecule has 0 spiro atoms. The minimum atomic E-state index is -0.794. The molecule has 0 aliphatic carbocycles. The first-order valence-electron chi connectivity index (χ1n) is 10.8. The Morgan fingerprint density at radius 1 is 1.12 bits per heavy atom. The SMILES string of the molecule is CCCCOc1cccc(C(O)=C2C(=O)C(=O)N(Cc3ccco3)C2c2ccc(Cl)cc2)c1. The summed E-state index contributed by atoms with van der Waals surface area (Å²) in [6.07, 6.45) is 3.41. The maximum Gasteiger partial charge on any atom is 0.296 e. The van der Waals surface area contributed by atoms with Gasteiger partial charge in [0, 0.05) is 10.6 Å². The van der Waals surface area contributed by atoms with E-state index in [-0.39, 0.29) is 17.9 Å². The molecule has 2 aromatic carbocycles. The van der Waals surface area contributed by atoms with Gasteiger partial charge in [-0.1, -0.05) is 49.2 Å². The van der Waals surface area contributed by atoms with E-state index >= 15 is 0 Å². The monoisotopic (exact) mass is 465 g/mol. The number of halogens is 1. The maximum absolute atomic E-state index is 13.1. The van der Waals surface area contributed by atoms with E-state index in [1.54, 1.807) is 60.7 Å². The predicted molar refractivity (Wildman–Crippen MR) is 125 cm³/mol. The summed E-state index contributed by atoms with van der Waals surface area (Å²) in [5.74, 6) is -0.599. The van der Waals surface area contributed by atoms with Gasteiger partial charge in [-0.25, -0.2) is 0 Å². The summed E-state index contributed by atoms with van der Waals surface area (Å²) in [5, 5.41) is 11.7. The summed E-state index contributed by atoms with van der Waals surface area (Å²) in [4.78, 5) is 27.5. The normalized spacial score (nSPS) is 17.5. The molecule has 0 saturated carbocycles. The van der Waals surface area contributed by atoms with Gasteiger partial charge in [0.05, 0.1) is 31.0 Å². The van der Waals surface area contributed by atoms with Gasteiger partial charge in [0.25, 0.3) is 11.7 Å². The van der Waals surface area contributed by atoms with Crippen LogP contribution in [0.25, 0.3) is 5.76 Å². The number of ketones is 1. The number of nitrogens with zero attached hydrogens (tertiary/aromatic N) is 1. The van der Waals surface area contributed by atoms with E-state index < -0.39 is 17.7 Å². The Morgan fingerprint density at radius 2 is 1.91 bits per heavy atom. The fraction of sp³-hybridized carbons (Fsp3) is 0.231. The first-order valence-corrected chi connectivity index (χ1v) is 11.2. The van der Waals surface area contributed by atoms with Crippen molar-refractivity contribution < 1.29 is 23.8 Å². The second-order valence-corrected chi connectivity index (χ2v) is 8.22. The van der Waals surface area contributed by atoms with E-state index in [2.05, 4.69) is 6.92 Å². The first-order chi connectivity index (χ1) is 16.0. The molecule has 7 heteroatoms. The quantitative estimate of drug-likeness (QED) is 0.199. The van der Waals surface area contributed by atoms with Crippen molar-refractivity contribution >= 4 is 29.1 Å². The van der Waals surface area contributed by atoms with Crippen LogP contribution >= 0.6 is 11.6 Å². The van der Waals surface area contributed by atoms with E-state index in [0.29, 0.717) is 34.3 Å². The summed E-state index contributed by atoms with van der Waals surface area (Å²) >= 11 is 6.05. The zero-order valence-electron chi connectivity index (χ0n) is 18.2. The van der Waals surface area contributed by atoms with Crippen LogP contribution in [0.5, 0.6) is 5.75 Å². The van der Waals surface area contributed by atoms with Crippen molar-refractivity contribution in [2.45, 2.75) is 32.4 Å². The zero-order chi connectivity index (χ0) is 23.4. The van der Waals surface area contributed by atoms with Gasteiger partial charge in [-0.2, -0.15) is 0 Å². The topological polar surface area (TPSA) is 80.0 Å². The Hall–Kier alpha value is -3.51. The van der Waals surface area contributed by atoms with Crippen LogP contribution in [-0.2, 0) is 16.1 Å². The van der Waals surface area contributed by atoms with Crippen molar-refractivity contribution in [2.75, 3.05) is 6.61 Å². The predicted octanol–water partition coefficient (Wildman–Crippen LogP) is 5.73. The average molecular weight is 466 g/mol. The number of carbonyl (C=O) groups is 2. The van der Waals surface area contributed by atoms with Crippen LogP contribution in [0.4, 0.5) is 0 Å². The molecule has 1 unspecified atom stereocenters. The molecule has 1 amide bonds. The van der Waals surface area contributed by atoms with Gasteiger partial charge in [-0.15, -0.1) is 0 Å². The Balaban J connectivity index is 1.78. The lowest BCUT2D eigenvalue weighted by atomic mass is 9.95. The van der Waals surface area contributed by atoms with Crippen molar-refractivity contribution in [1.82, 2.24) is 4.90 Å². The minimum absolute atomic E-state index is 0.0135. The molecular formula is C26H24ClNO5. The van der Waals surface area contributed by atoms with Crippen molar-refractivity contribution in [3.63, 3.8) is 0 Å². The molecule has 2 heterocycles. The Bertz CT molecular complexity index is 1170. The van der Waals surface area contributed by atoms with Crippen LogP contribution in [-0.4, -0.2) is 28.3 Å². The van der Waals surface area contributed by atoms with Crippen LogP contribution in [0.1, 0.15) is 42.7 Å². The highest BCUT2D eigenvalue weighted by Gasteiger charge is 2.46. The van der Waals surface area contributed by atoms with Gasteiger partial charge in [0.1, 0.15) is 17.3 Å². The molecule has 4 rings (SSSR count). The summed E-state index contributed by atoms with van der Waals surface area (Å²) in [6, 6.07) is 16.4. The van der Waals surface area contributed by atoms with Crippen molar-refractivity contribution in [3.8, 4) is 5.75 Å². The lowest BCUT2D eigenvalue weighted by Gasteiger charge is -2.24. The molecule has 1 saturated heterocycles. The van der Waals surface area contributed by atoms with Crippen molar-refractivity contribution in [1.29, 1.82) is 0 Å². The standard InChI is InChI=1S/C26H24ClNO5/c1-2-3-13-32-20-7-4-6-18(15-20)24(29)22-23(17-9-11-19(27)12-10-17)28(26(31)25(22)30)16-21-8-5-14-33-21/h4-12,14-15,23,29H,2-3,13,16H2,1H3. The number of hydrogen-bond acceptors (Lipinski definition) is 5. The van der Waals surface area contributed by atoms with Crippen LogP contribution in [0.3, 0.4) is 0 Å². The number of hydrogen-bond donors (Lipinski definition) is 1. The smallest absolute Gasteiger partial charge is 0.296 e. The molecule has 0 radical (unpaired) electrons. The number of unbranched alkanes of at least 4 members (excludes halogenated alkanes) is 1. The molecule has 1 fully saturated rings. The third-order valence-electron chi connectivity index (χ3n) is 5.51. The lowest BCUT2D eigenvalue weighted by molar-refractivity contribution is -0.140. The molecule has 33 heavy (non-hydrogen) atoms. The maximum atomic E-state index is 13.1. The summed E-state index contributed by atoms with van der Waals surface area (Å²) in [5.41, 5.74) is 1.07. The van der Waals surface area contributed by atoms with E-state index in [4.69, 9.17) is 20.8 Å². The first kappa shape index (κ1) is 22.7. The number of likely N-dealkylation sites (tertiary alicyclic amines) is 1. The highest BCUT2D eigenvalue weighted by Crippen LogP contribution is 2.40. The van der Waals surface area contributed by atoms with Crippen molar-refractivity contribution in [3.05, 3.63) is 94.4 Å². The fourth-order valence-electron chi connectivity index (χ4n) is 3.83. The van der Waals surface area contributed by atoms with Crippen LogP contribution < -0.4 is 4.74 Å². The molecular weight excluding hydrogens is 442 g/mol. The van der Waals surface area contributed by atoms with Gasteiger partial charge in [-0.05, 0) is 48.4 Å². The number of rotatable bonds is 8. The third-order valence-corrected chi connectivity index (χ3v) is 5.76. The highest BCUT2D eigenvalue weighted by atomic mass is 35.5. The number of Topliss-reactive ketones (excluding diaryl/α,β-unsaturated/α-hetero) is 1. The number of benzene rings is 2. The summed E-state index contributed by atoms with van der Waals surface area (Å²) in [6.45, 7) is 2.71. The van der Waals surface area contributed by atoms with E-state index in [0.717, 1.165) is 12.8 Å². The molecule has 1 aliphatic heterocycles. The van der Waals surface area contributed by atoms with Gasteiger partial charge in [-0.3, -0.25) is 9.59 Å². The Kier molecular flexibility index (Phi) is 6.84. The average Bonchev–Trinajstić information content (AvgIpc) is 3.42. The highest BCUT2D eigenvalue weighted by molar-refractivity contribution is 6.46. The van der Waals surface area contributed by atoms with Gasteiger partial charge >= 0.3 is 0 Å². The Morgan fingerprint density at radius 3 is 2.61 bits per heavy atom. The van der Waals surface area contributed by atoms with Crippen molar-refractivity contribution in [2.24, 2.45) is 0 Å². The van der Waals surface area contributed by atoms with Crippen LogP contribution in [0.15, 0.2) is 76.9 Å². The molecule has 1 aliphatic rings.